The van der Waals surface area contributed by atoms with Crippen LogP contribution in [0.3, 0.4) is 0 Å². The van der Waals surface area contributed by atoms with E-state index >= 15 is 0 Å². The van der Waals surface area contributed by atoms with Crippen molar-refractivity contribution < 1.29 is 23.4 Å². The summed E-state index contributed by atoms with van der Waals surface area (Å²) < 4.78 is 30.8. The van der Waals surface area contributed by atoms with Crippen LogP contribution in [0.1, 0.15) is 17.6 Å². The van der Waals surface area contributed by atoms with Crippen LogP contribution in [0.15, 0.2) is 54.9 Å². The topological polar surface area (TPSA) is 62.6 Å². The lowest BCUT2D eigenvalue weighted by Crippen LogP contribution is -2.08. The van der Waals surface area contributed by atoms with Crippen molar-refractivity contribution in [3.63, 3.8) is 0 Å². The third kappa shape index (κ3) is 3.66. The molecule has 0 spiro atoms. The van der Waals surface area contributed by atoms with E-state index in [4.69, 9.17) is 14.2 Å². The van der Waals surface area contributed by atoms with Gasteiger partial charge in [0, 0.05) is 35.7 Å². The van der Waals surface area contributed by atoms with Crippen LogP contribution in [-0.2, 0) is 0 Å². The van der Waals surface area contributed by atoms with Gasteiger partial charge in [0.15, 0.2) is 11.5 Å². The summed E-state index contributed by atoms with van der Waals surface area (Å²) in [4.78, 5) is 16.6. The second kappa shape index (κ2) is 8.41. The Morgan fingerprint density at radius 3 is 2.60 bits per heavy atom. The van der Waals surface area contributed by atoms with Crippen LogP contribution in [0.2, 0.25) is 0 Å². The van der Waals surface area contributed by atoms with E-state index in [0.29, 0.717) is 23.0 Å². The monoisotopic (exact) mass is 408 g/mol. The molecule has 0 saturated carbocycles. The fourth-order valence-corrected chi connectivity index (χ4v) is 3.40. The average Bonchev–Trinajstić information content (AvgIpc) is 3.20. The number of hydrogen-bond acceptors (Lipinski definition) is 5. The van der Waals surface area contributed by atoms with Gasteiger partial charge in [-0.1, -0.05) is 0 Å². The zero-order valence-electron chi connectivity index (χ0n) is 16.7. The maximum absolute atomic E-state index is 12.4. The van der Waals surface area contributed by atoms with Gasteiger partial charge >= 0.3 is 0 Å². The quantitative estimate of drug-likeness (QED) is 0.410. The highest BCUT2D eigenvalue weighted by Gasteiger charge is 2.13. The van der Waals surface area contributed by atoms with E-state index in [9.17, 15) is 9.18 Å². The van der Waals surface area contributed by atoms with Crippen molar-refractivity contribution in [1.82, 2.24) is 9.55 Å². The van der Waals surface area contributed by atoms with E-state index < -0.39 is 6.67 Å². The highest BCUT2D eigenvalue weighted by Crippen LogP contribution is 2.37. The van der Waals surface area contributed by atoms with Crippen LogP contribution in [0.5, 0.6) is 23.0 Å². The summed E-state index contributed by atoms with van der Waals surface area (Å²) >= 11 is 0. The van der Waals surface area contributed by atoms with E-state index in [0.717, 1.165) is 21.8 Å². The number of halogens is 1. The largest absolute Gasteiger partial charge is 0.493 e. The van der Waals surface area contributed by atoms with Crippen LogP contribution in [-0.4, -0.2) is 36.4 Å². The van der Waals surface area contributed by atoms with Crippen molar-refractivity contribution in [1.29, 1.82) is 0 Å². The van der Waals surface area contributed by atoms with Gasteiger partial charge in [-0.25, -0.2) is 0 Å². The fraction of sp³-hybridized carbons (Fsp3) is 0.217. The minimum Gasteiger partial charge on any atom is -0.493 e. The molecule has 0 aliphatic carbocycles. The van der Waals surface area contributed by atoms with E-state index in [1.165, 1.54) is 0 Å². The Morgan fingerprint density at radius 2 is 1.83 bits per heavy atom. The lowest BCUT2D eigenvalue weighted by molar-refractivity contribution is 0.0902. The molecule has 2 aromatic heterocycles. The number of carbonyl (C=O) groups is 1. The van der Waals surface area contributed by atoms with Gasteiger partial charge in [-0.15, -0.1) is 0 Å². The number of carbonyl (C=O) groups excluding carboxylic acids is 1. The summed E-state index contributed by atoms with van der Waals surface area (Å²) in [6.07, 6.45) is 3.77. The smallest absolute Gasteiger partial charge is 0.231 e. The van der Waals surface area contributed by atoms with E-state index in [2.05, 4.69) is 4.98 Å². The number of hydrogen-bond donors (Lipinski definition) is 0. The van der Waals surface area contributed by atoms with Crippen molar-refractivity contribution in [3.8, 4) is 23.0 Å². The molecule has 6 nitrogen and oxygen atoms in total. The summed E-state index contributed by atoms with van der Waals surface area (Å²) in [7, 11) is 3.15. The predicted molar refractivity (Wildman–Crippen MR) is 113 cm³/mol. The van der Waals surface area contributed by atoms with Crippen LogP contribution in [0, 0.1) is 0 Å². The molecule has 0 N–H and O–H groups in total. The number of methoxy groups -OCH3 is 2. The first kappa shape index (κ1) is 19.7. The van der Waals surface area contributed by atoms with Crippen molar-refractivity contribution in [3.05, 3.63) is 54.9 Å². The molecule has 0 fully saturated rings. The summed E-state index contributed by atoms with van der Waals surface area (Å²) in [5.41, 5.74) is 1.48. The molecule has 0 aliphatic rings. The number of benzene rings is 2. The van der Waals surface area contributed by atoms with Gasteiger partial charge in [-0.2, -0.15) is 0 Å². The molecule has 2 heterocycles. The van der Waals surface area contributed by atoms with Gasteiger partial charge < -0.3 is 14.2 Å². The zero-order chi connectivity index (χ0) is 21.1. The Bertz CT molecular complexity index is 1220. The first-order chi connectivity index (χ1) is 14.6. The summed E-state index contributed by atoms with van der Waals surface area (Å²) in [5.74, 6) is 2.30. The lowest BCUT2D eigenvalue weighted by atomic mass is 10.1. The molecule has 30 heavy (non-hydrogen) atoms. The molecule has 0 atom stereocenters. The van der Waals surface area contributed by atoms with Gasteiger partial charge in [-0.3, -0.25) is 18.7 Å². The van der Waals surface area contributed by atoms with E-state index in [-0.39, 0.29) is 18.7 Å². The second-order valence-electron chi connectivity index (χ2n) is 6.73. The number of ether oxygens (including phenoxy) is 3. The Balaban J connectivity index is 1.67. The number of fused-ring (bicyclic) bond motifs is 2. The third-order valence-corrected chi connectivity index (χ3v) is 4.89. The molecule has 0 saturated heterocycles. The van der Waals surface area contributed by atoms with Gasteiger partial charge in [-0.05, 0) is 42.8 Å². The van der Waals surface area contributed by atoms with Crippen LogP contribution < -0.4 is 14.2 Å². The van der Waals surface area contributed by atoms with E-state index in [1.54, 1.807) is 49.4 Å². The van der Waals surface area contributed by atoms with E-state index in [1.807, 2.05) is 24.3 Å². The Labute approximate surface area is 172 Å². The Kier molecular flexibility index (Phi) is 5.52. The first-order valence-electron chi connectivity index (χ1n) is 9.53. The predicted octanol–water partition coefficient (Wildman–Crippen LogP) is 5.39. The number of nitrogens with zero attached hydrogens (tertiary/aromatic N) is 2. The van der Waals surface area contributed by atoms with Gasteiger partial charge in [0.2, 0.25) is 5.91 Å². The van der Waals surface area contributed by atoms with Gasteiger partial charge in [0.1, 0.15) is 11.5 Å². The molecular formula is C23H21FN2O4. The third-order valence-electron chi connectivity index (χ3n) is 4.89. The van der Waals surface area contributed by atoms with Crippen molar-refractivity contribution in [2.24, 2.45) is 0 Å². The molecule has 0 amide bonds. The molecule has 0 unspecified atom stereocenters. The summed E-state index contributed by atoms with van der Waals surface area (Å²) in [6.45, 7) is -0.501. The summed E-state index contributed by atoms with van der Waals surface area (Å²) in [6, 6.07) is 12.7. The average molecular weight is 408 g/mol. The molecule has 4 rings (SSSR count). The van der Waals surface area contributed by atoms with Gasteiger partial charge in [0.25, 0.3) is 0 Å². The van der Waals surface area contributed by atoms with Gasteiger partial charge in [0.05, 0.1) is 31.9 Å². The van der Waals surface area contributed by atoms with Crippen LogP contribution in [0.4, 0.5) is 4.39 Å². The maximum Gasteiger partial charge on any atom is 0.231 e. The molecule has 7 heteroatoms. The molecule has 0 aliphatic heterocycles. The normalized spacial score (nSPS) is 11.0. The molecule has 0 bridgehead atoms. The summed E-state index contributed by atoms with van der Waals surface area (Å²) in [5, 5.41) is 1.65. The minimum atomic E-state index is -0.501. The Hall–Kier alpha value is -3.61. The number of rotatable bonds is 7. The molecular weight excluding hydrogens is 387 g/mol. The molecule has 154 valence electrons. The first-order valence-corrected chi connectivity index (χ1v) is 9.53. The number of aromatic nitrogens is 2. The number of alkyl halides is 1. The van der Waals surface area contributed by atoms with Crippen LogP contribution in [0.25, 0.3) is 21.8 Å². The maximum atomic E-state index is 12.4. The fourth-order valence-electron chi connectivity index (χ4n) is 3.40. The van der Waals surface area contributed by atoms with Crippen LogP contribution >= 0.6 is 0 Å². The molecule has 0 radical (unpaired) electrons. The minimum absolute atomic E-state index is 0.127. The lowest BCUT2D eigenvalue weighted by Gasteiger charge is -2.12. The molecule has 4 aromatic rings. The highest BCUT2D eigenvalue weighted by atomic mass is 19.1. The van der Waals surface area contributed by atoms with Crippen molar-refractivity contribution >= 4 is 27.7 Å². The SMILES string of the molecule is COc1cc2nccc(Oc3ccc4c(ccn4C(=O)CCCF)c3)c2cc1OC. The Morgan fingerprint density at radius 1 is 1.03 bits per heavy atom. The standard InChI is InChI=1S/C23H21FN2O4/c1-28-21-13-17-18(14-22(21)29-2)25-10-7-20(17)30-16-5-6-19-15(12-16)8-11-26(19)23(27)4-3-9-24/h5-8,10-14H,3-4,9H2,1-2H3. The van der Waals surface area contributed by atoms with Crippen molar-refractivity contribution in [2.45, 2.75) is 12.8 Å². The molecule has 2 aromatic carbocycles. The highest BCUT2D eigenvalue weighted by molar-refractivity contribution is 5.93. The number of pyridine rings is 1. The van der Waals surface area contributed by atoms with Crippen molar-refractivity contribution in [2.75, 3.05) is 20.9 Å². The second-order valence-corrected chi connectivity index (χ2v) is 6.73. The zero-order valence-corrected chi connectivity index (χ0v) is 16.7.